The first-order valence-electron chi connectivity index (χ1n) is 7.59. The van der Waals surface area contributed by atoms with E-state index in [9.17, 15) is 9.59 Å². The van der Waals surface area contributed by atoms with Gasteiger partial charge >= 0.3 is 0 Å². The van der Waals surface area contributed by atoms with Crippen LogP contribution in [0.1, 0.15) is 51.1 Å². The van der Waals surface area contributed by atoms with Gasteiger partial charge in [-0.25, -0.2) is 4.98 Å². The van der Waals surface area contributed by atoms with E-state index in [1.54, 1.807) is 12.4 Å². The number of rotatable bonds is 7. The maximum Gasteiger partial charge on any atom is 0.242 e. The van der Waals surface area contributed by atoms with E-state index in [0.29, 0.717) is 18.9 Å². The van der Waals surface area contributed by atoms with E-state index in [2.05, 4.69) is 15.6 Å². The number of carbonyl (C=O) groups is 2. The van der Waals surface area contributed by atoms with Gasteiger partial charge in [0.05, 0.1) is 17.7 Å². The minimum atomic E-state index is -0.500. The summed E-state index contributed by atoms with van der Waals surface area (Å²) >= 11 is 1.50. The molecule has 0 bridgehead atoms. The van der Waals surface area contributed by atoms with Crippen molar-refractivity contribution in [2.24, 2.45) is 5.92 Å². The van der Waals surface area contributed by atoms with E-state index in [0.717, 1.165) is 12.1 Å². The molecule has 116 valence electrons. The Hall–Kier alpha value is -1.43. The van der Waals surface area contributed by atoms with Crippen LogP contribution in [0.3, 0.4) is 0 Å². The first-order valence-corrected chi connectivity index (χ1v) is 8.53. The normalized spacial score (nSPS) is 16.6. The van der Waals surface area contributed by atoms with Crippen LogP contribution in [-0.2, 0) is 16.1 Å². The summed E-state index contributed by atoms with van der Waals surface area (Å²) in [6.07, 6.45) is 6.55. The Morgan fingerprint density at radius 3 is 2.86 bits per heavy atom. The lowest BCUT2D eigenvalue weighted by Crippen LogP contribution is -2.44. The van der Waals surface area contributed by atoms with Crippen molar-refractivity contribution in [1.82, 2.24) is 15.6 Å². The SMILES string of the molecule is C[C@@H](NC(=O)CCC1CCCC1)C(=O)NCc1cscn1. The Balaban J connectivity index is 1.63. The minimum absolute atomic E-state index is 0.0294. The Morgan fingerprint density at radius 1 is 1.43 bits per heavy atom. The topological polar surface area (TPSA) is 71.1 Å². The van der Waals surface area contributed by atoms with Crippen molar-refractivity contribution >= 4 is 23.2 Å². The largest absolute Gasteiger partial charge is 0.349 e. The number of amides is 2. The molecule has 1 aliphatic carbocycles. The molecule has 1 aromatic heterocycles. The Bertz CT molecular complexity index is 455. The van der Waals surface area contributed by atoms with E-state index in [1.807, 2.05) is 5.38 Å². The van der Waals surface area contributed by atoms with Gasteiger partial charge in [0.1, 0.15) is 6.04 Å². The van der Waals surface area contributed by atoms with Crippen molar-refractivity contribution in [3.63, 3.8) is 0 Å². The average Bonchev–Trinajstić information content (AvgIpc) is 3.15. The molecule has 1 aromatic rings. The van der Waals surface area contributed by atoms with Crippen LogP contribution < -0.4 is 10.6 Å². The molecule has 5 nitrogen and oxygen atoms in total. The molecule has 0 saturated heterocycles. The molecule has 6 heteroatoms. The predicted molar refractivity (Wildman–Crippen MR) is 82.8 cm³/mol. The smallest absolute Gasteiger partial charge is 0.242 e. The molecule has 0 aliphatic heterocycles. The van der Waals surface area contributed by atoms with Crippen molar-refractivity contribution in [3.05, 3.63) is 16.6 Å². The molecule has 2 amide bonds. The van der Waals surface area contributed by atoms with Gasteiger partial charge in [-0.2, -0.15) is 0 Å². The predicted octanol–water partition coefficient (Wildman–Crippen LogP) is 2.23. The van der Waals surface area contributed by atoms with Gasteiger partial charge in [-0.1, -0.05) is 25.7 Å². The van der Waals surface area contributed by atoms with Gasteiger partial charge in [-0.05, 0) is 19.3 Å². The summed E-state index contributed by atoms with van der Waals surface area (Å²) in [4.78, 5) is 27.8. The lowest BCUT2D eigenvalue weighted by molar-refractivity contribution is -0.128. The fourth-order valence-corrected chi connectivity index (χ4v) is 3.23. The third-order valence-corrected chi connectivity index (χ3v) is 4.59. The van der Waals surface area contributed by atoms with Gasteiger partial charge in [0.25, 0.3) is 0 Å². The molecule has 0 aromatic carbocycles. The summed E-state index contributed by atoms with van der Waals surface area (Å²) in [6.45, 7) is 2.12. The second-order valence-electron chi connectivity index (χ2n) is 5.68. The molecular formula is C15H23N3O2S. The maximum atomic E-state index is 11.9. The van der Waals surface area contributed by atoms with Gasteiger partial charge < -0.3 is 10.6 Å². The molecule has 0 spiro atoms. The van der Waals surface area contributed by atoms with Gasteiger partial charge in [-0.15, -0.1) is 11.3 Å². The highest BCUT2D eigenvalue weighted by Gasteiger charge is 2.18. The van der Waals surface area contributed by atoms with Crippen molar-refractivity contribution in [2.75, 3.05) is 0 Å². The molecule has 0 unspecified atom stereocenters. The molecule has 0 radical (unpaired) electrons. The van der Waals surface area contributed by atoms with E-state index < -0.39 is 6.04 Å². The van der Waals surface area contributed by atoms with Gasteiger partial charge in [0, 0.05) is 11.8 Å². The highest BCUT2D eigenvalue weighted by molar-refractivity contribution is 7.07. The van der Waals surface area contributed by atoms with Crippen LogP contribution in [0.15, 0.2) is 10.9 Å². The van der Waals surface area contributed by atoms with Crippen LogP contribution in [0.4, 0.5) is 0 Å². The van der Waals surface area contributed by atoms with Crippen LogP contribution >= 0.6 is 11.3 Å². The number of nitrogens with zero attached hydrogens (tertiary/aromatic N) is 1. The van der Waals surface area contributed by atoms with E-state index >= 15 is 0 Å². The number of hydrogen-bond donors (Lipinski definition) is 2. The van der Waals surface area contributed by atoms with Crippen LogP contribution in [0, 0.1) is 5.92 Å². The van der Waals surface area contributed by atoms with Crippen LogP contribution in [0.5, 0.6) is 0 Å². The highest BCUT2D eigenvalue weighted by Crippen LogP contribution is 2.28. The molecule has 2 N–H and O–H groups in total. The van der Waals surface area contributed by atoms with Crippen molar-refractivity contribution in [2.45, 2.75) is 58.0 Å². The summed E-state index contributed by atoms with van der Waals surface area (Å²) < 4.78 is 0. The number of nitrogens with one attached hydrogen (secondary N) is 2. The lowest BCUT2D eigenvalue weighted by atomic mass is 10.0. The van der Waals surface area contributed by atoms with Crippen molar-refractivity contribution in [1.29, 1.82) is 0 Å². The van der Waals surface area contributed by atoms with Crippen LogP contribution in [0.25, 0.3) is 0 Å². The molecule has 21 heavy (non-hydrogen) atoms. The average molecular weight is 309 g/mol. The Labute approximate surface area is 129 Å². The molecule has 1 fully saturated rings. The quantitative estimate of drug-likeness (QED) is 0.811. The third kappa shape index (κ3) is 5.46. The standard InChI is InChI=1S/C15H23N3O2S/c1-11(15(20)16-8-13-9-21-10-17-13)18-14(19)7-6-12-4-2-3-5-12/h9-12H,2-8H2,1H3,(H,16,20)(H,18,19)/t11-/m1/s1. The van der Waals surface area contributed by atoms with Crippen LogP contribution in [0.2, 0.25) is 0 Å². The zero-order chi connectivity index (χ0) is 15.1. The Kier molecular flexibility index (Phi) is 6.17. The van der Waals surface area contributed by atoms with Gasteiger partial charge in [-0.3, -0.25) is 9.59 Å². The second kappa shape index (κ2) is 8.12. The highest BCUT2D eigenvalue weighted by atomic mass is 32.1. The molecule has 2 rings (SSSR count). The molecule has 1 saturated carbocycles. The van der Waals surface area contributed by atoms with Gasteiger partial charge in [0.2, 0.25) is 11.8 Å². The minimum Gasteiger partial charge on any atom is -0.349 e. The van der Waals surface area contributed by atoms with Crippen molar-refractivity contribution < 1.29 is 9.59 Å². The van der Waals surface area contributed by atoms with E-state index in [4.69, 9.17) is 0 Å². The second-order valence-corrected chi connectivity index (χ2v) is 6.39. The number of carbonyl (C=O) groups excluding carboxylic acids is 2. The molecular weight excluding hydrogens is 286 g/mol. The summed E-state index contributed by atoms with van der Waals surface area (Å²) in [5.74, 6) is 0.500. The number of thiazole rings is 1. The van der Waals surface area contributed by atoms with E-state index in [-0.39, 0.29) is 11.8 Å². The first-order chi connectivity index (χ1) is 10.1. The van der Waals surface area contributed by atoms with Crippen LogP contribution in [-0.4, -0.2) is 22.8 Å². The molecule has 1 atom stereocenters. The monoisotopic (exact) mass is 309 g/mol. The summed E-state index contributed by atoms with van der Waals surface area (Å²) in [5.41, 5.74) is 2.57. The maximum absolute atomic E-state index is 11.9. The fourth-order valence-electron chi connectivity index (χ4n) is 2.67. The Morgan fingerprint density at radius 2 is 2.19 bits per heavy atom. The van der Waals surface area contributed by atoms with Crippen molar-refractivity contribution in [3.8, 4) is 0 Å². The molecule has 1 heterocycles. The fraction of sp³-hybridized carbons (Fsp3) is 0.667. The summed E-state index contributed by atoms with van der Waals surface area (Å²) in [7, 11) is 0. The first kappa shape index (κ1) is 15.9. The van der Waals surface area contributed by atoms with Gasteiger partial charge in [0.15, 0.2) is 0 Å². The molecule has 1 aliphatic rings. The third-order valence-electron chi connectivity index (χ3n) is 3.95. The zero-order valence-corrected chi connectivity index (χ0v) is 13.2. The van der Waals surface area contributed by atoms with E-state index in [1.165, 1.54) is 37.0 Å². The lowest BCUT2D eigenvalue weighted by Gasteiger charge is -2.14. The summed E-state index contributed by atoms with van der Waals surface area (Å²) in [5, 5.41) is 7.44. The number of aromatic nitrogens is 1. The zero-order valence-electron chi connectivity index (χ0n) is 12.4. The number of hydrogen-bond acceptors (Lipinski definition) is 4. The summed E-state index contributed by atoms with van der Waals surface area (Å²) in [6, 6.07) is -0.500.